The summed E-state index contributed by atoms with van der Waals surface area (Å²) in [6.07, 6.45) is 1.39. The number of oxime groups is 1. The van der Waals surface area contributed by atoms with Gasteiger partial charge in [0.05, 0.1) is 5.02 Å². The zero-order valence-corrected chi connectivity index (χ0v) is 10.9. The molecule has 1 aromatic heterocycles. The van der Waals surface area contributed by atoms with Crippen molar-refractivity contribution in [2.24, 2.45) is 16.3 Å². The first-order chi connectivity index (χ1) is 8.36. The molecule has 0 spiro atoms. The van der Waals surface area contributed by atoms with E-state index in [0.717, 1.165) is 0 Å². The Morgan fingerprint density at radius 2 is 2.28 bits per heavy atom. The monoisotopic (exact) mass is 270 g/mol. The molecule has 0 unspecified atom stereocenters. The number of amides is 1. The highest BCUT2D eigenvalue weighted by Crippen LogP contribution is 2.13. The summed E-state index contributed by atoms with van der Waals surface area (Å²) in [6, 6.07) is 3.10. The van der Waals surface area contributed by atoms with E-state index in [1.807, 2.05) is 0 Å². The molecule has 0 saturated heterocycles. The van der Waals surface area contributed by atoms with E-state index in [4.69, 9.17) is 22.5 Å². The number of pyridine rings is 1. The van der Waals surface area contributed by atoms with E-state index in [2.05, 4.69) is 15.5 Å². The van der Waals surface area contributed by atoms with Gasteiger partial charge in [0.2, 0.25) is 0 Å². The molecule has 0 fully saturated rings. The van der Waals surface area contributed by atoms with E-state index < -0.39 is 5.41 Å². The molecule has 0 aromatic carbocycles. The Labute approximate surface area is 110 Å². The molecule has 0 aliphatic carbocycles. The fraction of sp³-hybridized carbons (Fsp3) is 0.364. The summed E-state index contributed by atoms with van der Waals surface area (Å²) >= 11 is 5.67. The maximum atomic E-state index is 11.8. The summed E-state index contributed by atoms with van der Waals surface area (Å²) in [5.74, 6) is -0.294. The molecule has 7 heteroatoms. The zero-order chi connectivity index (χ0) is 13.8. The highest BCUT2D eigenvalue weighted by Gasteiger charge is 2.24. The molecule has 0 radical (unpaired) electrons. The lowest BCUT2D eigenvalue weighted by Gasteiger charge is -2.22. The molecule has 0 saturated carbocycles. The topological polar surface area (TPSA) is 101 Å². The number of rotatable bonds is 4. The molecule has 6 nitrogen and oxygen atoms in total. The Bertz CT molecular complexity index is 457. The third-order valence-corrected chi connectivity index (χ3v) is 2.68. The Kier molecular flexibility index (Phi) is 4.49. The van der Waals surface area contributed by atoms with Crippen LogP contribution < -0.4 is 11.1 Å². The smallest absolute Gasteiger partial charge is 0.269 e. The van der Waals surface area contributed by atoms with E-state index in [1.54, 1.807) is 19.9 Å². The van der Waals surface area contributed by atoms with Crippen molar-refractivity contribution >= 4 is 23.3 Å². The van der Waals surface area contributed by atoms with Crippen LogP contribution in [0.15, 0.2) is 23.5 Å². The normalized spacial score (nSPS) is 12.3. The van der Waals surface area contributed by atoms with Crippen LogP contribution in [-0.2, 0) is 0 Å². The van der Waals surface area contributed by atoms with Crippen molar-refractivity contribution < 1.29 is 10.0 Å². The molecule has 0 aliphatic rings. The minimum Gasteiger partial charge on any atom is -0.409 e. The lowest BCUT2D eigenvalue weighted by Crippen LogP contribution is -2.42. The molecule has 98 valence electrons. The quantitative estimate of drug-likeness (QED) is 0.332. The van der Waals surface area contributed by atoms with Crippen LogP contribution in [0, 0.1) is 5.41 Å². The van der Waals surface area contributed by atoms with E-state index in [0.29, 0.717) is 5.02 Å². The van der Waals surface area contributed by atoms with Crippen LogP contribution >= 0.6 is 11.6 Å². The second-order valence-corrected chi connectivity index (χ2v) is 4.85. The van der Waals surface area contributed by atoms with Crippen LogP contribution in [0.1, 0.15) is 24.3 Å². The Morgan fingerprint density at radius 1 is 1.61 bits per heavy atom. The predicted molar refractivity (Wildman–Crippen MR) is 68.8 cm³/mol. The largest absolute Gasteiger partial charge is 0.409 e. The number of hydrogen-bond donors (Lipinski definition) is 3. The number of nitrogens with two attached hydrogens (primary N) is 1. The van der Waals surface area contributed by atoms with Gasteiger partial charge in [0.1, 0.15) is 11.5 Å². The van der Waals surface area contributed by atoms with Gasteiger partial charge >= 0.3 is 0 Å². The van der Waals surface area contributed by atoms with E-state index >= 15 is 0 Å². The van der Waals surface area contributed by atoms with Gasteiger partial charge in [0, 0.05) is 18.2 Å². The number of nitrogens with one attached hydrogen (secondary N) is 1. The van der Waals surface area contributed by atoms with Crippen LogP contribution in [0.4, 0.5) is 0 Å². The van der Waals surface area contributed by atoms with Crippen LogP contribution in [0.3, 0.4) is 0 Å². The number of amidine groups is 1. The van der Waals surface area contributed by atoms with Crippen molar-refractivity contribution in [1.82, 2.24) is 10.3 Å². The number of halogens is 1. The lowest BCUT2D eigenvalue weighted by atomic mass is 9.92. The third-order valence-electron chi connectivity index (χ3n) is 2.45. The van der Waals surface area contributed by atoms with Crippen LogP contribution in [-0.4, -0.2) is 28.5 Å². The summed E-state index contributed by atoms with van der Waals surface area (Å²) in [5.41, 5.74) is 5.13. The first-order valence-electron chi connectivity index (χ1n) is 5.24. The SMILES string of the molecule is CC(C)(CNC(=O)c1ccc(Cl)cn1)/C(N)=N/O. The Hall–Kier alpha value is -1.82. The molecule has 1 heterocycles. The fourth-order valence-electron chi connectivity index (χ4n) is 1.13. The number of hydrogen-bond acceptors (Lipinski definition) is 4. The van der Waals surface area contributed by atoms with Crippen molar-refractivity contribution in [3.05, 3.63) is 29.0 Å². The highest BCUT2D eigenvalue weighted by molar-refractivity contribution is 6.30. The average Bonchev–Trinajstić information content (AvgIpc) is 2.35. The second-order valence-electron chi connectivity index (χ2n) is 4.41. The molecular weight excluding hydrogens is 256 g/mol. The predicted octanol–water partition coefficient (Wildman–Crippen LogP) is 1.24. The van der Waals surface area contributed by atoms with Crippen molar-refractivity contribution in [3.63, 3.8) is 0 Å². The van der Waals surface area contributed by atoms with Crippen LogP contribution in [0.2, 0.25) is 5.02 Å². The standard InChI is InChI=1S/C11H15ClN4O2/c1-11(2,10(13)16-18)6-15-9(17)8-4-3-7(12)5-14-8/h3-5,18H,6H2,1-2H3,(H2,13,16)(H,15,17). The van der Waals surface area contributed by atoms with Gasteiger partial charge in [-0.05, 0) is 12.1 Å². The molecule has 1 rings (SSSR count). The molecule has 0 aliphatic heterocycles. The summed E-state index contributed by atoms with van der Waals surface area (Å²) in [5, 5.41) is 14.7. The van der Waals surface area contributed by atoms with E-state index in [9.17, 15) is 4.79 Å². The van der Waals surface area contributed by atoms with Gasteiger partial charge in [-0.15, -0.1) is 0 Å². The zero-order valence-electron chi connectivity index (χ0n) is 10.1. The summed E-state index contributed by atoms with van der Waals surface area (Å²) < 4.78 is 0. The van der Waals surface area contributed by atoms with Crippen LogP contribution in [0.5, 0.6) is 0 Å². The minimum atomic E-state index is -0.642. The molecule has 1 aromatic rings. The fourth-order valence-corrected chi connectivity index (χ4v) is 1.24. The first kappa shape index (κ1) is 14.2. The van der Waals surface area contributed by atoms with Crippen molar-refractivity contribution in [3.8, 4) is 0 Å². The number of carbonyl (C=O) groups excluding carboxylic acids is 1. The molecule has 1 amide bonds. The van der Waals surface area contributed by atoms with Gasteiger partial charge in [-0.2, -0.15) is 0 Å². The van der Waals surface area contributed by atoms with Crippen LogP contribution in [0.25, 0.3) is 0 Å². The second kappa shape index (κ2) is 5.68. The van der Waals surface area contributed by atoms with Gasteiger partial charge < -0.3 is 16.3 Å². The number of nitrogens with zero attached hydrogens (tertiary/aromatic N) is 2. The maximum Gasteiger partial charge on any atom is 0.269 e. The number of carbonyl (C=O) groups is 1. The Morgan fingerprint density at radius 3 is 2.78 bits per heavy atom. The van der Waals surface area contributed by atoms with Crippen molar-refractivity contribution in [2.45, 2.75) is 13.8 Å². The summed E-state index contributed by atoms with van der Waals surface area (Å²) in [4.78, 5) is 15.6. The minimum absolute atomic E-state index is 0.0480. The van der Waals surface area contributed by atoms with Gasteiger partial charge in [-0.3, -0.25) is 4.79 Å². The first-order valence-corrected chi connectivity index (χ1v) is 5.62. The maximum absolute atomic E-state index is 11.8. The third kappa shape index (κ3) is 3.59. The summed E-state index contributed by atoms with van der Waals surface area (Å²) in [7, 11) is 0. The van der Waals surface area contributed by atoms with Gasteiger partial charge in [0.15, 0.2) is 0 Å². The average molecular weight is 271 g/mol. The van der Waals surface area contributed by atoms with Crippen molar-refractivity contribution in [1.29, 1.82) is 0 Å². The van der Waals surface area contributed by atoms with Gasteiger partial charge in [-0.25, -0.2) is 4.98 Å². The summed E-state index contributed by atoms with van der Waals surface area (Å²) in [6.45, 7) is 3.72. The lowest BCUT2D eigenvalue weighted by molar-refractivity contribution is 0.0939. The molecule has 18 heavy (non-hydrogen) atoms. The van der Waals surface area contributed by atoms with Gasteiger partial charge in [0.25, 0.3) is 5.91 Å². The molecule has 0 atom stereocenters. The molecule has 4 N–H and O–H groups in total. The Balaban J connectivity index is 2.64. The number of aromatic nitrogens is 1. The molecule has 0 bridgehead atoms. The van der Waals surface area contributed by atoms with Crippen molar-refractivity contribution in [2.75, 3.05) is 6.54 Å². The van der Waals surface area contributed by atoms with E-state index in [-0.39, 0.29) is 24.0 Å². The highest BCUT2D eigenvalue weighted by atomic mass is 35.5. The van der Waals surface area contributed by atoms with E-state index in [1.165, 1.54) is 12.3 Å². The molecular formula is C11H15ClN4O2. The van der Waals surface area contributed by atoms with Gasteiger partial charge in [-0.1, -0.05) is 30.6 Å².